The minimum Gasteiger partial charge on any atom is -0.497 e. The zero-order chi connectivity index (χ0) is 22.0. The second-order valence-corrected chi connectivity index (χ2v) is 8.37. The zero-order valence-electron chi connectivity index (χ0n) is 17.3. The van der Waals surface area contributed by atoms with Gasteiger partial charge in [-0.3, -0.25) is 4.79 Å². The molecule has 1 N–H and O–H groups in total. The highest BCUT2D eigenvalue weighted by Gasteiger charge is 2.30. The van der Waals surface area contributed by atoms with Crippen molar-refractivity contribution in [3.63, 3.8) is 0 Å². The maximum Gasteiger partial charge on any atom is 0.267 e. The highest BCUT2D eigenvalue weighted by molar-refractivity contribution is 9.10. The first kappa shape index (κ1) is 20.9. The number of fused-ring (bicyclic) bond motifs is 1. The van der Waals surface area contributed by atoms with Gasteiger partial charge in [0.05, 0.1) is 7.11 Å². The molecular weight excluding hydrogens is 460 g/mol. The van der Waals surface area contributed by atoms with Gasteiger partial charge in [-0.05, 0) is 74.5 Å². The maximum absolute atomic E-state index is 12.8. The molecule has 6 nitrogen and oxygen atoms in total. The molecule has 1 aromatic heterocycles. The van der Waals surface area contributed by atoms with Gasteiger partial charge in [0, 0.05) is 15.7 Å². The maximum atomic E-state index is 12.8. The number of methoxy groups -OCH3 is 1. The number of ether oxygens (including phenoxy) is 2. The molecule has 0 aliphatic heterocycles. The summed E-state index contributed by atoms with van der Waals surface area (Å²) in [5.41, 5.74) is 1.61. The summed E-state index contributed by atoms with van der Waals surface area (Å²) in [7, 11) is 1.61. The number of rotatable bonds is 6. The molecule has 0 spiro atoms. The fraction of sp³-hybridized carbons (Fsp3) is 0.167. The Morgan fingerprint density at radius 2 is 1.81 bits per heavy atom. The molecule has 0 saturated carbocycles. The minimum atomic E-state index is -1.07. The summed E-state index contributed by atoms with van der Waals surface area (Å²) < 4.78 is 17.9. The Hall–Kier alpha value is -3.32. The third-order valence-electron chi connectivity index (χ3n) is 4.70. The molecule has 4 aromatic rings. The third-order valence-corrected chi connectivity index (χ3v) is 5.22. The molecule has 0 fully saturated rings. The average molecular weight is 481 g/mol. The molecule has 158 valence electrons. The van der Waals surface area contributed by atoms with E-state index in [1.807, 2.05) is 36.4 Å². The number of halogens is 1. The van der Waals surface area contributed by atoms with Crippen molar-refractivity contribution < 1.29 is 18.7 Å². The second-order valence-electron chi connectivity index (χ2n) is 7.45. The molecule has 1 amide bonds. The molecule has 0 unspecified atom stereocenters. The molecule has 31 heavy (non-hydrogen) atoms. The average Bonchev–Trinajstić information content (AvgIpc) is 3.19. The predicted octanol–water partition coefficient (Wildman–Crippen LogP) is 6.06. The SMILES string of the molecule is COc1cccc(-c2nc3cc(NC(=O)C(C)(C)Oc4ccc(Br)cc4)ccc3o2)c1. The van der Waals surface area contributed by atoms with E-state index in [0.29, 0.717) is 28.4 Å². The van der Waals surface area contributed by atoms with Gasteiger partial charge in [-0.15, -0.1) is 0 Å². The fourth-order valence-electron chi connectivity index (χ4n) is 3.01. The van der Waals surface area contributed by atoms with E-state index in [4.69, 9.17) is 13.9 Å². The molecule has 1 heterocycles. The Bertz CT molecular complexity index is 1230. The summed E-state index contributed by atoms with van der Waals surface area (Å²) in [6, 6.07) is 20.2. The van der Waals surface area contributed by atoms with Crippen LogP contribution >= 0.6 is 15.9 Å². The zero-order valence-corrected chi connectivity index (χ0v) is 18.9. The molecule has 0 aliphatic carbocycles. The van der Waals surface area contributed by atoms with Crippen molar-refractivity contribution in [1.29, 1.82) is 0 Å². The number of oxazole rings is 1. The van der Waals surface area contributed by atoms with Crippen LogP contribution in [0.2, 0.25) is 0 Å². The quantitative estimate of drug-likeness (QED) is 0.362. The number of amides is 1. The van der Waals surface area contributed by atoms with Crippen molar-refractivity contribution in [3.05, 3.63) is 71.2 Å². The number of nitrogens with one attached hydrogen (secondary N) is 1. The van der Waals surface area contributed by atoms with Crippen LogP contribution in [0.4, 0.5) is 5.69 Å². The van der Waals surface area contributed by atoms with Crippen molar-refractivity contribution >= 4 is 38.6 Å². The van der Waals surface area contributed by atoms with Gasteiger partial charge < -0.3 is 19.2 Å². The first-order valence-electron chi connectivity index (χ1n) is 9.65. The van der Waals surface area contributed by atoms with Gasteiger partial charge in [0.2, 0.25) is 5.89 Å². The third kappa shape index (κ3) is 4.72. The lowest BCUT2D eigenvalue weighted by Crippen LogP contribution is -2.42. The van der Waals surface area contributed by atoms with Crippen LogP contribution in [0, 0.1) is 0 Å². The normalized spacial score (nSPS) is 11.4. The lowest BCUT2D eigenvalue weighted by molar-refractivity contribution is -0.128. The van der Waals surface area contributed by atoms with Gasteiger partial charge in [0.25, 0.3) is 5.91 Å². The van der Waals surface area contributed by atoms with Crippen LogP contribution in [-0.2, 0) is 4.79 Å². The molecule has 0 bridgehead atoms. The fourth-order valence-corrected chi connectivity index (χ4v) is 3.27. The molecule has 4 rings (SSSR count). The van der Waals surface area contributed by atoms with E-state index in [-0.39, 0.29) is 5.91 Å². The van der Waals surface area contributed by atoms with Gasteiger partial charge >= 0.3 is 0 Å². The lowest BCUT2D eigenvalue weighted by Gasteiger charge is -2.25. The van der Waals surface area contributed by atoms with E-state index in [1.54, 1.807) is 51.3 Å². The van der Waals surface area contributed by atoms with Gasteiger partial charge in [-0.1, -0.05) is 22.0 Å². The number of hydrogen-bond donors (Lipinski definition) is 1. The largest absolute Gasteiger partial charge is 0.497 e. The molecule has 7 heteroatoms. The predicted molar refractivity (Wildman–Crippen MR) is 123 cm³/mol. The van der Waals surface area contributed by atoms with E-state index in [0.717, 1.165) is 15.8 Å². The van der Waals surface area contributed by atoms with Crippen LogP contribution in [-0.4, -0.2) is 23.6 Å². The Labute approximate surface area is 188 Å². The van der Waals surface area contributed by atoms with E-state index >= 15 is 0 Å². The van der Waals surface area contributed by atoms with Gasteiger partial charge in [-0.2, -0.15) is 0 Å². The number of carbonyl (C=O) groups is 1. The van der Waals surface area contributed by atoms with Crippen molar-refractivity contribution in [2.75, 3.05) is 12.4 Å². The number of nitrogens with zero attached hydrogens (tertiary/aromatic N) is 1. The van der Waals surface area contributed by atoms with E-state index in [9.17, 15) is 4.79 Å². The van der Waals surface area contributed by atoms with Crippen LogP contribution in [0.25, 0.3) is 22.6 Å². The van der Waals surface area contributed by atoms with Gasteiger partial charge in [0.1, 0.15) is 17.0 Å². The molecule has 0 saturated heterocycles. The van der Waals surface area contributed by atoms with E-state index in [1.165, 1.54) is 0 Å². The summed E-state index contributed by atoms with van der Waals surface area (Å²) in [4.78, 5) is 17.4. The van der Waals surface area contributed by atoms with E-state index < -0.39 is 5.60 Å². The summed E-state index contributed by atoms with van der Waals surface area (Å²) in [6.07, 6.45) is 0. The minimum absolute atomic E-state index is 0.272. The summed E-state index contributed by atoms with van der Waals surface area (Å²) in [5.74, 6) is 1.54. The number of carbonyl (C=O) groups excluding carboxylic acids is 1. The molecule has 0 radical (unpaired) electrons. The molecule has 3 aromatic carbocycles. The van der Waals surface area contributed by atoms with Crippen LogP contribution < -0.4 is 14.8 Å². The number of anilines is 1. The van der Waals surface area contributed by atoms with Gasteiger partial charge in [0.15, 0.2) is 11.2 Å². The highest BCUT2D eigenvalue weighted by atomic mass is 79.9. The summed E-state index contributed by atoms with van der Waals surface area (Å²) >= 11 is 3.39. The van der Waals surface area contributed by atoms with Crippen molar-refractivity contribution in [2.45, 2.75) is 19.4 Å². The monoisotopic (exact) mass is 480 g/mol. The molecular formula is C24H21BrN2O4. The van der Waals surface area contributed by atoms with Crippen LogP contribution in [0.3, 0.4) is 0 Å². The first-order chi connectivity index (χ1) is 14.8. The topological polar surface area (TPSA) is 73.6 Å². The summed E-state index contributed by atoms with van der Waals surface area (Å²) in [6.45, 7) is 3.44. The highest BCUT2D eigenvalue weighted by Crippen LogP contribution is 2.29. The van der Waals surface area contributed by atoms with Crippen LogP contribution in [0.5, 0.6) is 11.5 Å². The number of benzene rings is 3. The van der Waals surface area contributed by atoms with E-state index in [2.05, 4.69) is 26.2 Å². The van der Waals surface area contributed by atoms with Crippen molar-refractivity contribution in [3.8, 4) is 23.0 Å². The van der Waals surface area contributed by atoms with Crippen LogP contribution in [0.15, 0.2) is 75.6 Å². The van der Waals surface area contributed by atoms with Crippen molar-refractivity contribution in [2.24, 2.45) is 0 Å². The standard InChI is InChI=1S/C24H21BrN2O4/c1-24(2,31-18-10-7-16(25)8-11-18)23(28)26-17-9-12-21-20(14-17)27-22(30-21)15-5-4-6-19(13-15)29-3/h4-14H,1-3H3,(H,26,28). The lowest BCUT2D eigenvalue weighted by atomic mass is 10.1. The Kier molecular flexibility index (Phi) is 5.69. The first-order valence-corrected chi connectivity index (χ1v) is 10.4. The van der Waals surface area contributed by atoms with Gasteiger partial charge in [-0.25, -0.2) is 4.98 Å². The molecule has 0 atom stereocenters. The molecule has 0 aliphatic rings. The Morgan fingerprint density at radius 3 is 2.55 bits per heavy atom. The smallest absolute Gasteiger partial charge is 0.267 e. The second kappa shape index (κ2) is 8.43. The van der Waals surface area contributed by atoms with Crippen LogP contribution in [0.1, 0.15) is 13.8 Å². The van der Waals surface area contributed by atoms with Crippen molar-refractivity contribution in [1.82, 2.24) is 4.98 Å². The Balaban J connectivity index is 1.52. The number of aromatic nitrogens is 1. The summed E-state index contributed by atoms with van der Waals surface area (Å²) in [5, 5.41) is 2.90. The Morgan fingerprint density at radius 1 is 1.03 bits per heavy atom. The number of hydrogen-bond acceptors (Lipinski definition) is 5.